The number of amides is 2. The second-order valence-corrected chi connectivity index (χ2v) is 8.62. The fourth-order valence-corrected chi connectivity index (χ4v) is 4.38. The minimum atomic E-state index is 0.0284. The van der Waals surface area contributed by atoms with E-state index in [-0.39, 0.29) is 6.03 Å². The molecule has 0 saturated heterocycles. The van der Waals surface area contributed by atoms with Crippen molar-refractivity contribution in [2.75, 3.05) is 13.1 Å². The van der Waals surface area contributed by atoms with Crippen molar-refractivity contribution in [1.29, 1.82) is 0 Å². The molecule has 1 aliphatic heterocycles. The number of hydrogen-bond donors (Lipinski definition) is 1. The lowest BCUT2D eigenvalue weighted by atomic mass is 10.1. The molecule has 27 heavy (non-hydrogen) atoms. The van der Waals surface area contributed by atoms with E-state index in [0.29, 0.717) is 19.0 Å². The highest BCUT2D eigenvalue weighted by atomic mass is 32.1. The third-order valence-corrected chi connectivity index (χ3v) is 5.98. The van der Waals surface area contributed by atoms with Gasteiger partial charge in [0.05, 0.1) is 12.2 Å². The molecule has 0 radical (unpaired) electrons. The van der Waals surface area contributed by atoms with Crippen molar-refractivity contribution in [2.45, 2.75) is 40.2 Å². The number of rotatable bonds is 4. The zero-order chi connectivity index (χ0) is 19.0. The zero-order valence-corrected chi connectivity index (χ0v) is 16.8. The molecule has 7 heteroatoms. The molecule has 1 aliphatic rings. The van der Waals surface area contributed by atoms with E-state index in [0.717, 1.165) is 35.7 Å². The van der Waals surface area contributed by atoms with Gasteiger partial charge in [-0.25, -0.2) is 9.31 Å². The van der Waals surface area contributed by atoms with E-state index < -0.39 is 0 Å². The molecule has 4 rings (SSSR count). The van der Waals surface area contributed by atoms with Crippen LogP contribution in [0.25, 0.3) is 16.3 Å². The molecule has 0 unspecified atom stereocenters. The summed E-state index contributed by atoms with van der Waals surface area (Å²) >= 11 is 1.64. The first-order valence-corrected chi connectivity index (χ1v) is 10.3. The lowest BCUT2D eigenvalue weighted by Gasteiger charge is -2.26. The highest BCUT2D eigenvalue weighted by Gasteiger charge is 2.26. The molecule has 0 spiro atoms. The third kappa shape index (κ3) is 3.69. The van der Waals surface area contributed by atoms with Gasteiger partial charge in [-0.1, -0.05) is 55.0 Å². The molecule has 0 atom stereocenters. The van der Waals surface area contributed by atoms with E-state index in [1.165, 1.54) is 16.1 Å². The Morgan fingerprint density at radius 1 is 1.30 bits per heavy atom. The normalized spacial score (nSPS) is 14.0. The monoisotopic (exact) mass is 383 g/mol. The number of benzene rings is 1. The highest BCUT2D eigenvalue weighted by molar-refractivity contribution is 7.17. The van der Waals surface area contributed by atoms with Crippen LogP contribution in [0.4, 0.5) is 4.79 Å². The van der Waals surface area contributed by atoms with Gasteiger partial charge in [0.1, 0.15) is 0 Å². The van der Waals surface area contributed by atoms with Crippen molar-refractivity contribution in [2.24, 2.45) is 5.92 Å². The molecular formula is C20H25N5OS. The lowest BCUT2D eigenvalue weighted by Crippen LogP contribution is -2.43. The quantitative estimate of drug-likeness (QED) is 0.744. The maximum absolute atomic E-state index is 12.4. The Morgan fingerprint density at radius 3 is 2.81 bits per heavy atom. The van der Waals surface area contributed by atoms with Crippen LogP contribution in [0.1, 0.15) is 36.4 Å². The van der Waals surface area contributed by atoms with Gasteiger partial charge < -0.3 is 10.2 Å². The Kier molecular flexibility index (Phi) is 4.86. The first kappa shape index (κ1) is 18.0. The number of nitrogens with zero attached hydrogens (tertiary/aromatic N) is 4. The zero-order valence-electron chi connectivity index (χ0n) is 16.0. The number of urea groups is 1. The van der Waals surface area contributed by atoms with Crippen molar-refractivity contribution in [3.63, 3.8) is 0 Å². The van der Waals surface area contributed by atoms with Gasteiger partial charge in [-0.15, -0.1) is 5.10 Å². The van der Waals surface area contributed by atoms with Crippen LogP contribution in [-0.4, -0.2) is 38.6 Å². The fourth-order valence-electron chi connectivity index (χ4n) is 3.27. The predicted molar refractivity (Wildman–Crippen MR) is 108 cm³/mol. The number of fused-ring (bicyclic) bond motifs is 3. The molecule has 1 N–H and O–H groups in total. The number of aryl methyl sites for hydroxylation is 1. The fraction of sp³-hybridized carbons (Fsp3) is 0.450. The molecule has 2 aromatic heterocycles. The molecule has 142 valence electrons. The number of nitrogens with one attached hydrogen (secondary N) is 1. The molecular weight excluding hydrogens is 358 g/mol. The summed E-state index contributed by atoms with van der Waals surface area (Å²) < 4.78 is 1.96. The largest absolute Gasteiger partial charge is 0.338 e. The van der Waals surface area contributed by atoms with Gasteiger partial charge in [-0.3, -0.25) is 0 Å². The summed E-state index contributed by atoms with van der Waals surface area (Å²) in [4.78, 5) is 21.1. The summed E-state index contributed by atoms with van der Waals surface area (Å²) in [6.45, 7) is 8.49. The number of aromatic nitrogens is 3. The first-order valence-electron chi connectivity index (χ1n) is 9.48. The van der Waals surface area contributed by atoms with E-state index in [2.05, 4.69) is 50.4 Å². The number of hydrogen-bond acceptors (Lipinski definition) is 4. The van der Waals surface area contributed by atoms with Crippen LogP contribution in [0.15, 0.2) is 24.3 Å². The lowest BCUT2D eigenvalue weighted by molar-refractivity contribution is 0.192. The summed E-state index contributed by atoms with van der Waals surface area (Å²) in [6, 6.07) is 8.31. The first-order chi connectivity index (χ1) is 13.0. The van der Waals surface area contributed by atoms with Crippen LogP contribution in [0, 0.1) is 12.8 Å². The van der Waals surface area contributed by atoms with Gasteiger partial charge in [0.2, 0.25) is 4.96 Å². The van der Waals surface area contributed by atoms with E-state index in [4.69, 9.17) is 10.1 Å². The second-order valence-electron chi connectivity index (χ2n) is 7.55. The Balaban J connectivity index is 1.49. The summed E-state index contributed by atoms with van der Waals surface area (Å²) in [5, 5.41) is 7.75. The van der Waals surface area contributed by atoms with Crippen molar-refractivity contribution >= 4 is 22.3 Å². The smallest absolute Gasteiger partial charge is 0.317 e. The Morgan fingerprint density at radius 2 is 2.07 bits per heavy atom. The Labute approximate surface area is 163 Å². The highest BCUT2D eigenvalue weighted by Crippen LogP contribution is 2.29. The SMILES string of the molecule is Cc1ccc(-c2nc3sc4c(n3n2)CCN(C(=O)NCCC(C)C)C4)cc1. The van der Waals surface area contributed by atoms with E-state index in [1.54, 1.807) is 11.3 Å². The van der Waals surface area contributed by atoms with Gasteiger partial charge in [0.25, 0.3) is 0 Å². The maximum atomic E-state index is 12.4. The minimum Gasteiger partial charge on any atom is -0.338 e. The molecule has 3 aromatic rings. The van der Waals surface area contributed by atoms with E-state index >= 15 is 0 Å². The number of thiazole rings is 1. The van der Waals surface area contributed by atoms with Crippen LogP contribution < -0.4 is 5.32 Å². The predicted octanol–water partition coefficient (Wildman–Crippen LogP) is 3.88. The van der Waals surface area contributed by atoms with Crippen LogP contribution >= 0.6 is 11.3 Å². The summed E-state index contributed by atoms with van der Waals surface area (Å²) in [5.74, 6) is 1.36. The molecule has 0 bridgehead atoms. The van der Waals surface area contributed by atoms with Crippen LogP contribution in [0.5, 0.6) is 0 Å². The molecule has 2 amide bonds. The third-order valence-electron chi connectivity index (χ3n) is 4.92. The average molecular weight is 384 g/mol. The topological polar surface area (TPSA) is 62.5 Å². The summed E-state index contributed by atoms with van der Waals surface area (Å²) in [5.41, 5.74) is 3.45. The number of carbonyl (C=O) groups is 1. The summed E-state index contributed by atoms with van der Waals surface area (Å²) in [7, 11) is 0. The van der Waals surface area contributed by atoms with E-state index in [1.807, 2.05) is 9.42 Å². The summed E-state index contributed by atoms with van der Waals surface area (Å²) in [6.07, 6.45) is 1.81. The van der Waals surface area contributed by atoms with Crippen LogP contribution in [0.2, 0.25) is 0 Å². The average Bonchev–Trinajstić information content (AvgIpc) is 3.19. The molecule has 0 aliphatic carbocycles. The van der Waals surface area contributed by atoms with Gasteiger partial charge in [0.15, 0.2) is 5.82 Å². The molecule has 1 aromatic carbocycles. The van der Waals surface area contributed by atoms with Crippen LogP contribution in [-0.2, 0) is 13.0 Å². The molecule has 0 saturated carbocycles. The van der Waals surface area contributed by atoms with Crippen molar-refractivity contribution < 1.29 is 4.79 Å². The maximum Gasteiger partial charge on any atom is 0.317 e. The van der Waals surface area contributed by atoms with Gasteiger partial charge in [0, 0.05) is 30.0 Å². The van der Waals surface area contributed by atoms with Gasteiger partial charge in [-0.05, 0) is 19.3 Å². The number of carbonyl (C=O) groups excluding carboxylic acids is 1. The standard InChI is InChI=1S/C20H25N5OS/c1-13(2)8-10-21-19(26)24-11-9-16-17(12-24)27-20-22-18(23-25(16)20)15-6-4-14(3)5-7-15/h4-7,13H,8-12H2,1-3H3,(H,21,26). The molecule has 3 heterocycles. The molecule has 0 fully saturated rings. The van der Waals surface area contributed by atoms with Gasteiger partial charge >= 0.3 is 6.03 Å². The van der Waals surface area contributed by atoms with Crippen molar-refractivity contribution in [1.82, 2.24) is 24.8 Å². The van der Waals surface area contributed by atoms with Crippen molar-refractivity contribution in [3.8, 4) is 11.4 Å². The Hall–Kier alpha value is -2.41. The van der Waals surface area contributed by atoms with Crippen molar-refractivity contribution in [3.05, 3.63) is 40.4 Å². The van der Waals surface area contributed by atoms with Gasteiger partial charge in [-0.2, -0.15) is 4.98 Å². The van der Waals surface area contributed by atoms with E-state index in [9.17, 15) is 4.79 Å². The minimum absolute atomic E-state index is 0.0284. The Bertz CT molecular complexity index is 957. The second kappa shape index (κ2) is 7.31. The molecule has 6 nitrogen and oxygen atoms in total. The van der Waals surface area contributed by atoms with Crippen LogP contribution in [0.3, 0.4) is 0 Å².